The number of aromatic nitrogens is 3. The van der Waals surface area contributed by atoms with Crippen LogP contribution < -0.4 is 17.1 Å². The van der Waals surface area contributed by atoms with Gasteiger partial charge in [0.15, 0.2) is 0 Å². The first-order valence-corrected chi connectivity index (χ1v) is 5.53. The molecule has 1 aliphatic heterocycles. The van der Waals surface area contributed by atoms with Gasteiger partial charge in [0.05, 0.1) is 32.3 Å². The highest BCUT2D eigenvalue weighted by Gasteiger charge is 2.26. The molecule has 0 bridgehead atoms. The lowest BCUT2D eigenvalue weighted by atomic mass is 10.5. The summed E-state index contributed by atoms with van der Waals surface area (Å²) < 4.78 is 6.94. The van der Waals surface area contributed by atoms with Gasteiger partial charge in [-0.3, -0.25) is 0 Å². The lowest BCUT2D eigenvalue weighted by Gasteiger charge is -2.09. The number of aldehydes is 2. The number of epoxide rings is 1. The van der Waals surface area contributed by atoms with Crippen LogP contribution in [0, 0.1) is 0 Å². The minimum Gasteiger partial charge on any atom is -0.371 e. The van der Waals surface area contributed by atoms with Crippen LogP contribution in [-0.2, 0) is 34.0 Å². The van der Waals surface area contributed by atoms with Crippen LogP contribution >= 0.6 is 0 Å². The Morgan fingerprint density at radius 3 is 1.74 bits per heavy atom. The van der Waals surface area contributed by atoms with Gasteiger partial charge < -0.3 is 14.3 Å². The van der Waals surface area contributed by atoms with Gasteiger partial charge in [-0.25, -0.2) is 28.1 Å². The van der Waals surface area contributed by atoms with Gasteiger partial charge in [-0.1, -0.05) is 0 Å². The zero-order valence-corrected chi connectivity index (χ0v) is 9.85. The van der Waals surface area contributed by atoms with Gasteiger partial charge in [0, 0.05) is 0 Å². The van der Waals surface area contributed by atoms with E-state index < -0.39 is 30.2 Å². The topological polar surface area (TPSA) is 113 Å². The maximum absolute atomic E-state index is 11.9. The van der Waals surface area contributed by atoms with E-state index >= 15 is 0 Å². The van der Waals surface area contributed by atoms with Crippen LogP contribution in [0.3, 0.4) is 0 Å². The summed E-state index contributed by atoms with van der Waals surface area (Å²) in [4.78, 5) is 56.6. The Kier molecular flexibility index (Phi) is 3.56. The van der Waals surface area contributed by atoms with E-state index in [1.165, 1.54) is 0 Å². The van der Waals surface area contributed by atoms with Crippen LogP contribution in [0.1, 0.15) is 0 Å². The molecule has 9 heteroatoms. The Bertz CT molecular complexity index is 630. The number of ether oxygens (including phenoxy) is 1. The second-order valence-corrected chi connectivity index (χ2v) is 3.97. The van der Waals surface area contributed by atoms with Crippen molar-refractivity contribution in [1.82, 2.24) is 13.7 Å². The lowest BCUT2D eigenvalue weighted by molar-refractivity contribution is -0.108. The van der Waals surface area contributed by atoms with E-state index in [-0.39, 0.29) is 12.6 Å². The SMILES string of the molecule is O=CCn1c(=O)n(CC=O)c(=O)n(CC2CO2)c1=O. The Morgan fingerprint density at radius 1 is 0.947 bits per heavy atom. The third-order valence-electron chi connectivity index (χ3n) is 2.69. The molecule has 0 saturated carbocycles. The van der Waals surface area contributed by atoms with Crippen molar-refractivity contribution in [2.75, 3.05) is 6.61 Å². The summed E-state index contributed by atoms with van der Waals surface area (Å²) in [5.74, 6) is 0. The molecule has 0 aliphatic carbocycles. The molecule has 1 aliphatic rings. The Balaban J connectivity index is 2.67. The quantitative estimate of drug-likeness (QED) is 0.401. The number of carbonyl (C=O) groups is 2. The highest BCUT2D eigenvalue weighted by atomic mass is 16.6. The molecule has 1 aromatic rings. The van der Waals surface area contributed by atoms with Gasteiger partial charge in [-0.15, -0.1) is 0 Å². The first kappa shape index (κ1) is 13.1. The van der Waals surface area contributed by atoms with Crippen molar-refractivity contribution in [1.29, 1.82) is 0 Å². The molecule has 1 unspecified atom stereocenters. The zero-order chi connectivity index (χ0) is 14.0. The van der Waals surface area contributed by atoms with Crippen molar-refractivity contribution in [3.05, 3.63) is 31.5 Å². The highest BCUT2D eigenvalue weighted by molar-refractivity contribution is 5.49. The van der Waals surface area contributed by atoms with Crippen molar-refractivity contribution >= 4 is 12.6 Å². The van der Waals surface area contributed by atoms with Crippen molar-refractivity contribution in [3.63, 3.8) is 0 Å². The number of nitrogens with zero attached hydrogens (tertiary/aromatic N) is 3. The molecule has 2 heterocycles. The van der Waals surface area contributed by atoms with Gasteiger partial charge >= 0.3 is 17.1 Å². The lowest BCUT2D eigenvalue weighted by Crippen LogP contribution is -2.55. The largest absolute Gasteiger partial charge is 0.371 e. The monoisotopic (exact) mass is 269 g/mol. The normalized spacial score (nSPS) is 17.2. The maximum Gasteiger partial charge on any atom is 0.337 e. The number of carbonyl (C=O) groups excluding carboxylic acids is 2. The molecule has 102 valence electrons. The molecule has 0 aromatic carbocycles. The van der Waals surface area contributed by atoms with Crippen molar-refractivity contribution < 1.29 is 14.3 Å². The van der Waals surface area contributed by atoms with E-state index in [4.69, 9.17) is 4.74 Å². The summed E-state index contributed by atoms with van der Waals surface area (Å²) in [6, 6.07) is 0. The summed E-state index contributed by atoms with van der Waals surface area (Å²) in [5.41, 5.74) is -2.72. The summed E-state index contributed by atoms with van der Waals surface area (Å²) in [6.07, 6.45) is 0.491. The molecule has 0 N–H and O–H groups in total. The number of rotatable bonds is 6. The molecule has 1 saturated heterocycles. The molecule has 19 heavy (non-hydrogen) atoms. The predicted molar refractivity (Wildman–Crippen MR) is 61.1 cm³/mol. The third kappa shape index (κ3) is 2.45. The van der Waals surface area contributed by atoms with Gasteiger partial charge in [-0.2, -0.15) is 0 Å². The highest BCUT2D eigenvalue weighted by Crippen LogP contribution is 2.08. The molecular formula is C10H11N3O6. The average molecular weight is 269 g/mol. The van der Waals surface area contributed by atoms with Gasteiger partial charge in [0.1, 0.15) is 12.6 Å². The Morgan fingerprint density at radius 2 is 1.37 bits per heavy atom. The van der Waals surface area contributed by atoms with Gasteiger partial charge in [-0.05, 0) is 0 Å². The van der Waals surface area contributed by atoms with Crippen LogP contribution in [0.4, 0.5) is 0 Å². The zero-order valence-electron chi connectivity index (χ0n) is 9.85. The van der Waals surface area contributed by atoms with Crippen molar-refractivity contribution in [3.8, 4) is 0 Å². The van der Waals surface area contributed by atoms with Crippen molar-refractivity contribution in [2.45, 2.75) is 25.7 Å². The molecule has 1 atom stereocenters. The Labute approximate surface area is 105 Å². The van der Waals surface area contributed by atoms with Crippen molar-refractivity contribution in [2.24, 2.45) is 0 Å². The molecule has 9 nitrogen and oxygen atoms in total. The minimum absolute atomic E-state index is 0.00430. The van der Waals surface area contributed by atoms with E-state index in [0.717, 1.165) is 4.57 Å². The maximum atomic E-state index is 11.9. The van der Waals surface area contributed by atoms with Gasteiger partial charge in [0.2, 0.25) is 0 Å². The fourth-order valence-electron chi connectivity index (χ4n) is 1.68. The third-order valence-corrected chi connectivity index (χ3v) is 2.69. The fourth-order valence-corrected chi connectivity index (χ4v) is 1.68. The van der Waals surface area contributed by atoms with Gasteiger partial charge in [0.25, 0.3) is 0 Å². The molecule has 0 amide bonds. The smallest absolute Gasteiger partial charge is 0.337 e. The van der Waals surface area contributed by atoms with Crippen LogP contribution in [0.2, 0.25) is 0 Å². The number of hydrogen-bond acceptors (Lipinski definition) is 6. The first-order chi connectivity index (χ1) is 9.10. The fraction of sp³-hybridized carbons (Fsp3) is 0.500. The number of hydrogen-bond donors (Lipinski definition) is 0. The van der Waals surface area contributed by atoms with E-state index in [0.29, 0.717) is 28.3 Å². The molecule has 1 aromatic heterocycles. The molecule has 0 spiro atoms. The molecule has 0 radical (unpaired) electrons. The first-order valence-electron chi connectivity index (χ1n) is 5.53. The minimum atomic E-state index is -0.970. The summed E-state index contributed by atoms with van der Waals surface area (Å²) in [6.45, 7) is -0.521. The second-order valence-electron chi connectivity index (χ2n) is 3.97. The standard InChI is InChI=1S/C10H11N3O6/c14-3-1-11-8(16)12(2-4-15)10(18)13(9(11)17)5-7-6-19-7/h3-4,7H,1-2,5-6H2. The predicted octanol–water partition coefficient (Wildman–Crippen LogP) is -3.03. The molecule has 2 rings (SSSR count). The summed E-state index contributed by atoms with van der Waals surface area (Å²) in [7, 11) is 0. The van der Waals surface area contributed by atoms with E-state index in [1.54, 1.807) is 0 Å². The second kappa shape index (κ2) is 5.14. The van der Waals surface area contributed by atoms with E-state index in [2.05, 4.69) is 0 Å². The van der Waals surface area contributed by atoms with Crippen LogP contribution in [-0.4, -0.2) is 39.0 Å². The molecule has 1 fully saturated rings. The van der Waals surface area contributed by atoms with E-state index in [1.807, 2.05) is 0 Å². The Hall–Kier alpha value is -2.29. The van der Waals surface area contributed by atoms with Crippen LogP contribution in [0.25, 0.3) is 0 Å². The molecular weight excluding hydrogens is 258 g/mol. The summed E-state index contributed by atoms with van der Waals surface area (Å²) in [5, 5.41) is 0. The average Bonchev–Trinajstić information content (AvgIpc) is 3.20. The van der Waals surface area contributed by atoms with Crippen LogP contribution in [0.5, 0.6) is 0 Å². The summed E-state index contributed by atoms with van der Waals surface area (Å²) >= 11 is 0. The van der Waals surface area contributed by atoms with Crippen LogP contribution in [0.15, 0.2) is 14.4 Å². The van der Waals surface area contributed by atoms with E-state index in [9.17, 15) is 24.0 Å².